The molecule has 0 spiro atoms. The molecule has 5 nitrogen and oxygen atoms in total. The molecule has 0 bridgehead atoms. The van der Waals surface area contributed by atoms with Gasteiger partial charge in [-0.15, -0.1) is 0 Å². The highest BCUT2D eigenvalue weighted by Gasteiger charge is 2.09. The molecule has 18 heavy (non-hydrogen) atoms. The van der Waals surface area contributed by atoms with Crippen molar-refractivity contribution in [3.63, 3.8) is 0 Å². The predicted octanol–water partition coefficient (Wildman–Crippen LogP) is 2.06. The van der Waals surface area contributed by atoms with Gasteiger partial charge in [0.05, 0.1) is 17.9 Å². The molecular formula is C13H15N3O2. The van der Waals surface area contributed by atoms with Gasteiger partial charge in [0.2, 0.25) is 0 Å². The highest BCUT2D eigenvalue weighted by Crippen LogP contribution is 2.10. The standard InChI is InChI=1S/C13H15N3O2/c1-4-18-13(17)11-5-6-12(14-8-11)16-10(3)7-9(2)15-16/h5-8H,4H2,1-3H3. The van der Waals surface area contributed by atoms with Gasteiger partial charge in [0.15, 0.2) is 5.82 Å². The van der Waals surface area contributed by atoms with Gasteiger partial charge in [-0.25, -0.2) is 14.5 Å². The van der Waals surface area contributed by atoms with Crippen LogP contribution in [0.15, 0.2) is 24.4 Å². The van der Waals surface area contributed by atoms with Crippen molar-refractivity contribution in [1.29, 1.82) is 0 Å². The van der Waals surface area contributed by atoms with Crippen LogP contribution in [0.4, 0.5) is 0 Å². The average molecular weight is 245 g/mol. The van der Waals surface area contributed by atoms with Gasteiger partial charge in [-0.05, 0) is 39.0 Å². The minimum absolute atomic E-state index is 0.357. The van der Waals surface area contributed by atoms with Gasteiger partial charge in [-0.1, -0.05) is 0 Å². The molecule has 2 heterocycles. The molecule has 0 saturated heterocycles. The predicted molar refractivity (Wildman–Crippen MR) is 66.8 cm³/mol. The van der Waals surface area contributed by atoms with E-state index in [1.807, 2.05) is 19.9 Å². The van der Waals surface area contributed by atoms with Crippen molar-refractivity contribution in [3.05, 3.63) is 41.3 Å². The number of hydrogen-bond donors (Lipinski definition) is 0. The summed E-state index contributed by atoms with van der Waals surface area (Å²) in [7, 11) is 0. The summed E-state index contributed by atoms with van der Waals surface area (Å²) in [5.74, 6) is 0.332. The number of carbonyl (C=O) groups is 1. The first-order valence-electron chi connectivity index (χ1n) is 5.78. The third-order valence-corrected chi connectivity index (χ3v) is 2.49. The van der Waals surface area contributed by atoms with Crippen LogP contribution in [0.5, 0.6) is 0 Å². The maximum Gasteiger partial charge on any atom is 0.339 e. The third-order valence-electron chi connectivity index (χ3n) is 2.49. The number of nitrogens with zero attached hydrogens (tertiary/aromatic N) is 3. The van der Waals surface area contributed by atoms with Crippen LogP contribution < -0.4 is 0 Å². The van der Waals surface area contributed by atoms with Crippen LogP contribution in [0.3, 0.4) is 0 Å². The number of hydrogen-bond acceptors (Lipinski definition) is 4. The Balaban J connectivity index is 2.27. The number of rotatable bonds is 3. The molecule has 0 aliphatic carbocycles. The summed E-state index contributed by atoms with van der Waals surface area (Å²) in [4.78, 5) is 15.7. The Bertz CT molecular complexity index is 558. The Labute approximate surface area is 105 Å². The van der Waals surface area contributed by atoms with Crippen LogP contribution in [0.1, 0.15) is 28.7 Å². The summed E-state index contributed by atoms with van der Waals surface area (Å²) in [6.45, 7) is 6.02. The summed E-state index contributed by atoms with van der Waals surface area (Å²) >= 11 is 0. The Hall–Kier alpha value is -2.17. The molecule has 0 N–H and O–H groups in total. The topological polar surface area (TPSA) is 57.0 Å². The smallest absolute Gasteiger partial charge is 0.339 e. The molecule has 94 valence electrons. The average Bonchev–Trinajstić information content (AvgIpc) is 2.69. The van der Waals surface area contributed by atoms with Crippen molar-refractivity contribution < 1.29 is 9.53 Å². The van der Waals surface area contributed by atoms with Crippen LogP contribution in [0.25, 0.3) is 5.82 Å². The van der Waals surface area contributed by atoms with E-state index < -0.39 is 0 Å². The lowest BCUT2D eigenvalue weighted by Crippen LogP contribution is -2.07. The normalized spacial score (nSPS) is 10.4. The van der Waals surface area contributed by atoms with Crippen molar-refractivity contribution in [2.75, 3.05) is 6.61 Å². The molecule has 0 aliphatic rings. The quantitative estimate of drug-likeness (QED) is 0.777. The highest BCUT2D eigenvalue weighted by atomic mass is 16.5. The number of ether oxygens (including phenoxy) is 1. The third kappa shape index (κ3) is 2.40. The monoisotopic (exact) mass is 245 g/mol. The second kappa shape index (κ2) is 5.00. The fourth-order valence-corrected chi connectivity index (χ4v) is 1.71. The zero-order chi connectivity index (χ0) is 13.1. The van der Waals surface area contributed by atoms with Crippen LogP contribution in [-0.2, 0) is 4.74 Å². The van der Waals surface area contributed by atoms with Crippen molar-refractivity contribution in [2.24, 2.45) is 0 Å². The summed E-state index contributed by atoms with van der Waals surface area (Å²) < 4.78 is 6.64. The van der Waals surface area contributed by atoms with Crippen LogP contribution in [0.2, 0.25) is 0 Å². The summed E-state index contributed by atoms with van der Waals surface area (Å²) in [5.41, 5.74) is 2.38. The minimum Gasteiger partial charge on any atom is -0.462 e. The van der Waals surface area contributed by atoms with Gasteiger partial charge < -0.3 is 4.74 Å². The first-order chi connectivity index (χ1) is 8.61. The summed E-state index contributed by atoms with van der Waals surface area (Å²) in [5, 5.41) is 4.33. The zero-order valence-corrected chi connectivity index (χ0v) is 10.7. The van der Waals surface area contributed by atoms with Crippen molar-refractivity contribution >= 4 is 5.97 Å². The highest BCUT2D eigenvalue weighted by molar-refractivity contribution is 5.89. The van der Waals surface area contributed by atoms with Gasteiger partial charge in [0, 0.05) is 11.9 Å². The maximum absolute atomic E-state index is 11.5. The molecule has 2 rings (SSSR count). The van der Waals surface area contributed by atoms with Crippen molar-refractivity contribution in [2.45, 2.75) is 20.8 Å². The zero-order valence-electron chi connectivity index (χ0n) is 10.7. The second-order valence-electron chi connectivity index (χ2n) is 3.96. The molecule has 0 atom stereocenters. The van der Waals surface area contributed by atoms with E-state index in [4.69, 9.17) is 4.74 Å². The van der Waals surface area contributed by atoms with Gasteiger partial charge >= 0.3 is 5.97 Å². The molecule has 2 aromatic rings. The minimum atomic E-state index is -0.357. The van der Waals surface area contributed by atoms with Crippen LogP contribution in [-0.4, -0.2) is 27.3 Å². The maximum atomic E-state index is 11.5. The molecule has 0 aromatic carbocycles. The molecule has 0 unspecified atom stereocenters. The molecular weight excluding hydrogens is 230 g/mol. The molecule has 0 amide bonds. The second-order valence-corrected chi connectivity index (χ2v) is 3.96. The Morgan fingerprint density at radius 3 is 2.67 bits per heavy atom. The van der Waals surface area contributed by atoms with Gasteiger partial charge in [-0.2, -0.15) is 5.10 Å². The Morgan fingerprint density at radius 2 is 2.17 bits per heavy atom. The van der Waals surface area contributed by atoms with E-state index in [-0.39, 0.29) is 5.97 Å². The van der Waals surface area contributed by atoms with E-state index in [0.717, 1.165) is 11.4 Å². The Morgan fingerprint density at radius 1 is 1.39 bits per heavy atom. The Kier molecular flexibility index (Phi) is 3.41. The largest absolute Gasteiger partial charge is 0.462 e. The van der Waals surface area contributed by atoms with Crippen LogP contribution >= 0.6 is 0 Å². The number of esters is 1. The summed E-state index contributed by atoms with van der Waals surface area (Å²) in [6, 6.07) is 5.42. The lowest BCUT2D eigenvalue weighted by molar-refractivity contribution is 0.0526. The van der Waals surface area contributed by atoms with Gasteiger partial charge in [-0.3, -0.25) is 0 Å². The first-order valence-corrected chi connectivity index (χ1v) is 5.78. The fraction of sp³-hybridized carbons (Fsp3) is 0.308. The van der Waals surface area contributed by atoms with E-state index >= 15 is 0 Å². The number of aromatic nitrogens is 3. The molecule has 0 aliphatic heterocycles. The molecule has 5 heteroatoms. The van der Waals surface area contributed by atoms with Gasteiger partial charge in [0.25, 0.3) is 0 Å². The molecule has 0 saturated carbocycles. The molecule has 0 radical (unpaired) electrons. The van der Waals surface area contributed by atoms with Crippen molar-refractivity contribution in [3.8, 4) is 5.82 Å². The fourth-order valence-electron chi connectivity index (χ4n) is 1.71. The van der Waals surface area contributed by atoms with E-state index in [1.165, 1.54) is 6.20 Å². The van der Waals surface area contributed by atoms with Gasteiger partial charge in [0.1, 0.15) is 0 Å². The lowest BCUT2D eigenvalue weighted by atomic mass is 10.3. The molecule has 0 fully saturated rings. The van der Waals surface area contributed by atoms with E-state index in [0.29, 0.717) is 18.0 Å². The lowest BCUT2D eigenvalue weighted by Gasteiger charge is -2.04. The number of pyridine rings is 1. The van der Waals surface area contributed by atoms with Crippen molar-refractivity contribution in [1.82, 2.24) is 14.8 Å². The SMILES string of the molecule is CCOC(=O)c1ccc(-n2nc(C)cc2C)nc1. The van der Waals surface area contributed by atoms with E-state index in [1.54, 1.807) is 23.7 Å². The number of carbonyl (C=O) groups excluding carboxylic acids is 1. The first kappa shape index (κ1) is 12.3. The van der Waals surface area contributed by atoms with E-state index in [2.05, 4.69) is 10.1 Å². The number of aryl methyl sites for hydroxylation is 2. The van der Waals surface area contributed by atoms with Crippen LogP contribution in [0, 0.1) is 13.8 Å². The summed E-state index contributed by atoms with van der Waals surface area (Å²) in [6.07, 6.45) is 1.50. The van der Waals surface area contributed by atoms with E-state index in [9.17, 15) is 4.79 Å². The molecule has 2 aromatic heterocycles.